The number of nitrogens with one attached hydrogen (secondary N) is 2. The Labute approximate surface area is 176 Å². The molecule has 162 valence electrons. The van der Waals surface area contributed by atoms with Crippen LogP contribution in [0.5, 0.6) is 0 Å². The van der Waals surface area contributed by atoms with Gasteiger partial charge in [-0.25, -0.2) is 0 Å². The summed E-state index contributed by atoms with van der Waals surface area (Å²) in [5.74, 6) is -0.562. The summed E-state index contributed by atoms with van der Waals surface area (Å²) in [6, 6.07) is 7.68. The molecule has 2 saturated heterocycles. The first-order valence-electron chi connectivity index (χ1n) is 10.3. The molecule has 9 heteroatoms. The summed E-state index contributed by atoms with van der Waals surface area (Å²) in [5.41, 5.74) is -2.39. The minimum absolute atomic E-state index is 0.192. The number of halogens is 3. The molecule has 5 rings (SSSR count). The molecule has 2 N–H and O–H groups in total. The molecular weight excluding hydrogens is 409 g/mol. The van der Waals surface area contributed by atoms with Crippen molar-refractivity contribution in [2.24, 2.45) is 10.8 Å². The van der Waals surface area contributed by atoms with E-state index < -0.39 is 29.0 Å². The fraction of sp³-hybridized carbons (Fsp3) is 0.500. The van der Waals surface area contributed by atoms with Gasteiger partial charge in [0.25, 0.3) is 0 Å². The van der Waals surface area contributed by atoms with E-state index in [0.717, 1.165) is 0 Å². The van der Waals surface area contributed by atoms with Crippen molar-refractivity contribution < 1.29 is 22.7 Å². The van der Waals surface area contributed by atoms with Crippen LogP contribution in [0.15, 0.2) is 30.5 Å². The maximum Gasteiger partial charge on any atom is 0.396 e. The van der Waals surface area contributed by atoms with E-state index in [0.29, 0.717) is 48.1 Å². The van der Waals surface area contributed by atoms with Gasteiger partial charge in [0.2, 0.25) is 5.91 Å². The van der Waals surface area contributed by atoms with E-state index in [1.165, 1.54) is 0 Å². The fourth-order valence-corrected chi connectivity index (χ4v) is 5.43. The first-order chi connectivity index (χ1) is 14.8. The standard InChI is InChI=1S/C22H21F3N4O2/c23-22(24,25)20-11-21(20,19(30)29-14-5-8-31-9-6-14)18(28-12-20)16-4-3-13(10-26)17-15(16)2-1-7-27-17/h1-4,7,14,18,28H,5-6,8-9,11-12H2,(H,29,30). The number of hydrogen-bond donors (Lipinski definition) is 2. The van der Waals surface area contributed by atoms with Crippen LogP contribution < -0.4 is 10.6 Å². The third kappa shape index (κ3) is 2.78. The summed E-state index contributed by atoms with van der Waals surface area (Å²) in [4.78, 5) is 17.7. The van der Waals surface area contributed by atoms with Gasteiger partial charge in [0, 0.05) is 43.4 Å². The van der Waals surface area contributed by atoms with Crippen LogP contribution in [0.25, 0.3) is 10.9 Å². The number of alkyl halides is 3. The quantitative estimate of drug-likeness (QED) is 0.782. The lowest BCUT2D eigenvalue weighted by Crippen LogP contribution is -2.47. The van der Waals surface area contributed by atoms with E-state index in [1.54, 1.807) is 30.5 Å². The molecule has 1 saturated carbocycles. The number of hydrogen-bond acceptors (Lipinski definition) is 5. The third-order valence-corrected chi connectivity index (χ3v) is 7.15. The van der Waals surface area contributed by atoms with E-state index in [4.69, 9.17) is 4.74 Å². The third-order valence-electron chi connectivity index (χ3n) is 7.15. The molecule has 3 fully saturated rings. The van der Waals surface area contributed by atoms with Crippen molar-refractivity contribution in [3.05, 3.63) is 41.6 Å². The van der Waals surface area contributed by atoms with Gasteiger partial charge in [0.15, 0.2) is 0 Å². The van der Waals surface area contributed by atoms with Crippen molar-refractivity contribution in [2.45, 2.75) is 37.5 Å². The van der Waals surface area contributed by atoms with Crippen LogP contribution in [0, 0.1) is 22.2 Å². The summed E-state index contributed by atoms with van der Waals surface area (Å²) in [6.45, 7) is 0.649. The monoisotopic (exact) mass is 430 g/mol. The smallest absolute Gasteiger partial charge is 0.381 e. The van der Waals surface area contributed by atoms with E-state index in [-0.39, 0.29) is 19.0 Å². The van der Waals surface area contributed by atoms with Gasteiger partial charge in [-0.3, -0.25) is 9.78 Å². The number of nitriles is 1. The number of piperidine rings is 1. The Morgan fingerprint density at radius 3 is 2.74 bits per heavy atom. The van der Waals surface area contributed by atoms with Crippen molar-refractivity contribution in [1.82, 2.24) is 15.6 Å². The number of aromatic nitrogens is 1. The van der Waals surface area contributed by atoms with Crippen molar-refractivity contribution in [3.63, 3.8) is 0 Å². The zero-order valence-electron chi connectivity index (χ0n) is 16.6. The second kappa shape index (κ2) is 6.90. The summed E-state index contributed by atoms with van der Waals surface area (Å²) < 4.78 is 47.9. The minimum Gasteiger partial charge on any atom is -0.381 e. The highest BCUT2D eigenvalue weighted by Gasteiger charge is 2.87. The van der Waals surface area contributed by atoms with E-state index in [1.807, 2.05) is 0 Å². The Morgan fingerprint density at radius 1 is 1.29 bits per heavy atom. The van der Waals surface area contributed by atoms with Crippen molar-refractivity contribution in [3.8, 4) is 6.07 Å². The van der Waals surface area contributed by atoms with Gasteiger partial charge in [-0.2, -0.15) is 18.4 Å². The number of carbonyl (C=O) groups is 1. The van der Waals surface area contributed by atoms with Crippen LogP contribution in [0.2, 0.25) is 0 Å². The zero-order valence-corrected chi connectivity index (χ0v) is 16.6. The van der Waals surface area contributed by atoms with Gasteiger partial charge in [-0.05, 0) is 37.0 Å². The van der Waals surface area contributed by atoms with Gasteiger partial charge in [0.1, 0.15) is 6.07 Å². The second-order valence-electron chi connectivity index (χ2n) is 8.62. The molecule has 2 aromatic rings. The molecule has 3 aliphatic rings. The number of amides is 1. The van der Waals surface area contributed by atoms with Crippen molar-refractivity contribution in [2.75, 3.05) is 19.8 Å². The average molecular weight is 430 g/mol. The summed E-state index contributed by atoms with van der Waals surface area (Å²) in [5, 5.41) is 15.9. The summed E-state index contributed by atoms with van der Waals surface area (Å²) in [6.07, 6.45) is -2.05. The van der Waals surface area contributed by atoms with Crippen molar-refractivity contribution >= 4 is 16.8 Å². The maximum absolute atomic E-state index is 14.2. The molecule has 0 bridgehead atoms. The normalized spacial score (nSPS) is 30.6. The highest BCUT2D eigenvalue weighted by Crippen LogP contribution is 2.78. The molecule has 3 heterocycles. The van der Waals surface area contributed by atoms with Crippen LogP contribution in [0.1, 0.15) is 36.4 Å². The first kappa shape index (κ1) is 20.2. The van der Waals surface area contributed by atoms with Gasteiger partial charge < -0.3 is 15.4 Å². The second-order valence-corrected chi connectivity index (χ2v) is 8.62. The van der Waals surface area contributed by atoms with E-state index in [2.05, 4.69) is 21.7 Å². The topological polar surface area (TPSA) is 87.0 Å². The number of pyridine rings is 1. The first-order valence-corrected chi connectivity index (χ1v) is 10.3. The van der Waals surface area contributed by atoms with Crippen LogP contribution in [-0.4, -0.2) is 42.9 Å². The molecule has 1 amide bonds. The lowest BCUT2D eigenvalue weighted by atomic mass is 9.83. The van der Waals surface area contributed by atoms with Crippen LogP contribution in [0.4, 0.5) is 13.2 Å². The number of benzene rings is 1. The Kier molecular flexibility index (Phi) is 4.50. The molecule has 0 radical (unpaired) electrons. The molecule has 1 aromatic carbocycles. The predicted octanol–water partition coefficient (Wildman–Crippen LogP) is 2.98. The molecule has 31 heavy (non-hydrogen) atoms. The number of rotatable bonds is 3. The molecule has 3 unspecified atom stereocenters. The Bertz CT molecular complexity index is 1090. The maximum atomic E-state index is 14.2. The van der Waals surface area contributed by atoms with Crippen molar-refractivity contribution in [1.29, 1.82) is 5.26 Å². The van der Waals surface area contributed by atoms with Gasteiger partial charge in [-0.15, -0.1) is 0 Å². The Balaban J connectivity index is 1.59. The van der Waals surface area contributed by atoms with Crippen LogP contribution >= 0.6 is 0 Å². The average Bonchev–Trinajstić information content (AvgIpc) is 3.36. The number of ether oxygens (including phenoxy) is 1. The molecule has 1 aromatic heterocycles. The lowest BCUT2D eigenvalue weighted by Gasteiger charge is -2.30. The Hall–Kier alpha value is -2.70. The van der Waals surface area contributed by atoms with Gasteiger partial charge >= 0.3 is 6.18 Å². The highest BCUT2D eigenvalue weighted by atomic mass is 19.4. The highest BCUT2D eigenvalue weighted by molar-refractivity contribution is 5.93. The number of carbonyl (C=O) groups excluding carboxylic acids is 1. The summed E-state index contributed by atoms with van der Waals surface area (Å²) >= 11 is 0. The number of nitrogens with zero attached hydrogens (tertiary/aromatic N) is 2. The largest absolute Gasteiger partial charge is 0.396 e. The zero-order chi connectivity index (χ0) is 21.9. The van der Waals surface area contributed by atoms with Gasteiger partial charge in [-0.1, -0.05) is 12.1 Å². The molecule has 1 aliphatic carbocycles. The van der Waals surface area contributed by atoms with Crippen LogP contribution in [-0.2, 0) is 9.53 Å². The molecule has 0 spiro atoms. The van der Waals surface area contributed by atoms with Crippen LogP contribution in [0.3, 0.4) is 0 Å². The molecule has 3 atom stereocenters. The fourth-order valence-electron chi connectivity index (χ4n) is 5.43. The van der Waals surface area contributed by atoms with E-state index >= 15 is 0 Å². The molecular formula is C22H21F3N4O2. The predicted molar refractivity (Wildman–Crippen MR) is 105 cm³/mol. The number of fused-ring (bicyclic) bond motifs is 2. The SMILES string of the molecule is N#Cc1ccc(C2NCC3(C(F)(F)F)CC23C(=O)NC2CCOCC2)c2cccnc12. The lowest BCUT2D eigenvalue weighted by molar-refractivity contribution is -0.193. The Morgan fingerprint density at radius 2 is 2.06 bits per heavy atom. The molecule has 6 nitrogen and oxygen atoms in total. The molecule has 2 aliphatic heterocycles. The van der Waals surface area contributed by atoms with Gasteiger partial charge in [0.05, 0.1) is 21.9 Å². The minimum atomic E-state index is -4.51. The summed E-state index contributed by atoms with van der Waals surface area (Å²) in [7, 11) is 0. The van der Waals surface area contributed by atoms with E-state index in [9.17, 15) is 23.2 Å².